The third-order valence-electron chi connectivity index (χ3n) is 11.0. The maximum absolute atomic E-state index is 14.5. The van der Waals surface area contributed by atoms with Crippen LogP contribution in [0.5, 0.6) is 0 Å². The Morgan fingerprint density at radius 2 is 1.77 bits per heavy atom. The topological polar surface area (TPSA) is 114 Å². The number of rotatable bonds is 10. The van der Waals surface area contributed by atoms with Crippen molar-refractivity contribution in [2.75, 3.05) is 50.7 Å². The summed E-state index contributed by atoms with van der Waals surface area (Å²) in [6, 6.07) is 16.2. The van der Waals surface area contributed by atoms with Crippen molar-refractivity contribution in [3.63, 3.8) is 0 Å². The molecule has 0 spiro atoms. The molecule has 0 unspecified atom stereocenters. The van der Waals surface area contributed by atoms with Gasteiger partial charge in [0.1, 0.15) is 11.1 Å². The molecule has 1 saturated carbocycles. The number of carbonyl (C=O) groups is 2. The summed E-state index contributed by atoms with van der Waals surface area (Å²) in [7, 11) is -3.50. The molecule has 47 heavy (non-hydrogen) atoms. The first-order chi connectivity index (χ1) is 22.5. The van der Waals surface area contributed by atoms with Gasteiger partial charge in [-0.05, 0) is 92.7 Å². The van der Waals surface area contributed by atoms with Crippen LogP contribution in [0.3, 0.4) is 0 Å². The zero-order chi connectivity index (χ0) is 33.3. The van der Waals surface area contributed by atoms with Crippen LogP contribution in [0.2, 0.25) is 0 Å². The van der Waals surface area contributed by atoms with E-state index in [-0.39, 0.29) is 53.5 Å². The fraction of sp³-hybridized carbons (Fsp3) is 0.528. The molecule has 3 aliphatic heterocycles. The maximum atomic E-state index is 14.5. The summed E-state index contributed by atoms with van der Waals surface area (Å²) in [6.07, 6.45) is 5.46. The first-order valence-electron chi connectivity index (χ1n) is 16.7. The summed E-state index contributed by atoms with van der Waals surface area (Å²) in [5, 5.41) is 13.4. The molecule has 3 saturated heterocycles. The van der Waals surface area contributed by atoms with Gasteiger partial charge < -0.3 is 20.0 Å². The molecule has 0 aromatic heterocycles. The SMILES string of the molecule is C=CC(=O)N1CC(S(=O)(=O)c2ccc(N3CC(CN4CCC([C@@](C#N)(c5cccc(F)c5)[C@H]5CCC[C@@H]5NC(C)=O)CC4)C3)cc2)C1. The number of piperidine rings is 1. The van der Waals surface area contributed by atoms with E-state index in [4.69, 9.17) is 0 Å². The molecule has 3 atom stereocenters. The smallest absolute Gasteiger partial charge is 0.246 e. The number of sulfone groups is 1. The zero-order valence-corrected chi connectivity index (χ0v) is 27.8. The van der Waals surface area contributed by atoms with E-state index in [2.05, 4.69) is 27.8 Å². The van der Waals surface area contributed by atoms with Crippen LogP contribution in [0.15, 0.2) is 66.1 Å². The Labute approximate surface area is 277 Å². The van der Waals surface area contributed by atoms with Crippen molar-refractivity contribution in [3.05, 3.63) is 72.6 Å². The number of nitrogens with one attached hydrogen (secondary N) is 1. The summed E-state index contributed by atoms with van der Waals surface area (Å²) in [5.74, 6) is -0.207. The second kappa shape index (κ2) is 13.4. The molecule has 0 bridgehead atoms. The van der Waals surface area contributed by atoms with Crippen LogP contribution in [0.4, 0.5) is 10.1 Å². The zero-order valence-electron chi connectivity index (χ0n) is 27.0. The van der Waals surface area contributed by atoms with Gasteiger partial charge >= 0.3 is 0 Å². The number of likely N-dealkylation sites (tertiary alicyclic amines) is 2. The van der Waals surface area contributed by atoms with Crippen molar-refractivity contribution in [1.82, 2.24) is 15.1 Å². The molecule has 6 rings (SSSR count). The number of amides is 2. The normalized spacial score (nSPS) is 24.1. The highest BCUT2D eigenvalue weighted by Crippen LogP contribution is 2.50. The van der Waals surface area contributed by atoms with E-state index in [0.717, 1.165) is 76.1 Å². The third-order valence-corrected chi connectivity index (χ3v) is 13.1. The highest BCUT2D eigenvalue weighted by atomic mass is 32.2. The fourth-order valence-corrected chi connectivity index (χ4v) is 10.1. The van der Waals surface area contributed by atoms with Crippen LogP contribution in [-0.4, -0.2) is 87.1 Å². The van der Waals surface area contributed by atoms with Crippen LogP contribution in [0.1, 0.15) is 44.6 Å². The largest absolute Gasteiger partial charge is 0.371 e. The number of hydrogen-bond acceptors (Lipinski definition) is 7. The summed E-state index contributed by atoms with van der Waals surface area (Å²) in [5.41, 5.74) is 0.855. The molecule has 2 aromatic rings. The van der Waals surface area contributed by atoms with Gasteiger partial charge in [-0.15, -0.1) is 0 Å². The third kappa shape index (κ3) is 6.42. The molecule has 0 radical (unpaired) electrons. The standard InChI is InChI=1S/C36H44FN5O4S/c1-3-35(44)42-22-32(23-42)47(45,46)31-12-10-30(11-13-31)41-20-26(21-41)19-40-16-14-27(15-17-40)36(24-38,28-6-4-7-29(37)18-28)33-8-5-9-34(33)39-25(2)43/h3-4,6-7,10-13,18,26-27,32-34H,1,5,8-9,14-17,19-23H2,2H3,(H,39,43)/t33-,34-,36-/m0/s1. The molecule has 4 fully saturated rings. The van der Waals surface area contributed by atoms with Crippen molar-refractivity contribution < 1.29 is 22.4 Å². The number of carbonyl (C=O) groups excluding carboxylic acids is 2. The molecule has 3 heterocycles. The van der Waals surface area contributed by atoms with E-state index in [1.807, 2.05) is 18.2 Å². The van der Waals surface area contributed by atoms with E-state index >= 15 is 0 Å². The minimum absolute atomic E-state index is 0.0584. The molecule has 2 aromatic carbocycles. The summed E-state index contributed by atoms with van der Waals surface area (Å²) < 4.78 is 40.6. The Morgan fingerprint density at radius 1 is 1.06 bits per heavy atom. The molecule has 4 aliphatic rings. The predicted octanol–water partition coefficient (Wildman–Crippen LogP) is 3.91. The van der Waals surface area contributed by atoms with Crippen LogP contribution in [0.25, 0.3) is 0 Å². The molecule has 1 aliphatic carbocycles. The van der Waals surface area contributed by atoms with Crippen molar-refractivity contribution >= 4 is 27.3 Å². The highest BCUT2D eigenvalue weighted by molar-refractivity contribution is 7.92. The minimum atomic E-state index is -3.50. The van der Waals surface area contributed by atoms with Crippen LogP contribution < -0.4 is 10.2 Å². The van der Waals surface area contributed by atoms with E-state index < -0.39 is 20.5 Å². The van der Waals surface area contributed by atoms with Gasteiger partial charge in [0.05, 0.1) is 16.4 Å². The average molecular weight is 662 g/mol. The van der Waals surface area contributed by atoms with Crippen LogP contribution in [0, 0.1) is 34.9 Å². The van der Waals surface area contributed by atoms with E-state index in [9.17, 15) is 27.7 Å². The molecule has 11 heteroatoms. The lowest BCUT2D eigenvalue weighted by molar-refractivity contribution is -0.129. The first kappa shape index (κ1) is 33.2. The lowest BCUT2D eigenvalue weighted by Crippen LogP contribution is -2.56. The molecular formula is C36H44FN5O4S. The van der Waals surface area contributed by atoms with Crippen molar-refractivity contribution in [3.8, 4) is 6.07 Å². The van der Waals surface area contributed by atoms with Crippen molar-refractivity contribution in [2.24, 2.45) is 17.8 Å². The van der Waals surface area contributed by atoms with E-state index in [1.165, 1.54) is 30.0 Å². The first-order valence-corrected chi connectivity index (χ1v) is 18.3. The minimum Gasteiger partial charge on any atom is -0.371 e. The lowest BCUT2D eigenvalue weighted by atomic mass is 9.59. The average Bonchev–Trinajstić information content (AvgIpc) is 3.47. The van der Waals surface area contributed by atoms with Gasteiger partial charge in [-0.25, -0.2) is 12.8 Å². The number of anilines is 1. The maximum Gasteiger partial charge on any atom is 0.246 e. The lowest BCUT2D eigenvalue weighted by Gasteiger charge is -2.48. The van der Waals surface area contributed by atoms with Gasteiger partial charge in [0.15, 0.2) is 9.84 Å². The van der Waals surface area contributed by atoms with Gasteiger partial charge in [0, 0.05) is 63.2 Å². The van der Waals surface area contributed by atoms with Crippen molar-refractivity contribution in [2.45, 2.75) is 60.6 Å². The number of halogens is 1. The monoisotopic (exact) mass is 661 g/mol. The second-order valence-electron chi connectivity index (χ2n) is 13.8. The van der Waals surface area contributed by atoms with Gasteiger partial charge in [0.25, 0.3) is 0 Å². The number of hydrogen-bond donors (Lipinski definition) is 1. The Kier molecular flexibility index (Phi) is 9.45. The van der Waals surface area contributed by atoms with Gasteiger partial charge in [0.2, 0.25) is 11.8 Å². The van der Waals surface area contributed by atoms with Crippen LogP contribution >= 0.6 is 0 Å². The Morgan fingerprint density at radius 3 is 2.38 bits per heavy atom. The molecule has 9 nitrogen and oxygen atoms in total. The summed E-state index contributed by atoms with van der Waals surface area (Å²) >= 11 is 0. The number of nitrogens with zero attached hydrogens (tertiary/aromatic N) is 4. The van der Waals surface area contributed by atoms with Gasteiger partial charge in [-0.2, -0.15) is 5.26 Å². The van der Waals surface area contributed by atoms with E-state index in [0.29, 0.717) is 5.92 Å². The Bertz CT molecular complexity index is 1640. The second-order valence-corrected chi connectivity index (χ2v) is 16.0. The van der Waals surface area contributed by atoms with Gasteiger partial charge in [-0.3, -0.25) is 9.59 Å². The van der Waals surface area contributed by atoms with Gasteiger partial charge in [-0.1, -0.05) is 25.1 Å². The molecule has 250 valence electrons. The number of nitriles is 1. The molecule has 2 amide bonds. The Hall–Kier alpha value is -3.75. The summed E-state index contributed by atoms with van der Waals surface area (Å²) in [4.78, 5) is 30.2. The van der Waals surface area contributed by atoms with E-state index in [1.54, 1.807) is 18.2 Å². The van der Waals surface area contributed by atoms with Crippen molar-refractivity contribution in [1.29, 1.82) is 5.26 Å². The molecular weight excluding hydrogens is 617 g/mol. The van der Waals surface area contributed by atoms with Crippen LogP contribution in [-0.2, 0) is 24.8 Å². The fourth-order valence-electron chi connectivity index (χ4n) is 8.49. The Balaban J connectivity index is 1.04. The molecule has 1 N–H and O–H groups in total. The quantitative estimate of drug-likeness (QED) is 0.384. The highest BCUT2D eigenvalue weighted by Gasteiger charge is 2.52. The summed E-state index contributed by atoms with van der Waals surface area (Å²) in [6.45, 7) is 9.82. The predicted molar refractivity (Wildman–Crippen MR) is 178 cm³/mol. The number of benzene rings is 2.